The van der Waals surface area contributed by atoms with Crippen LogP contribution in [0.25, 0.3) is 0 Å². The monoisotopic (exact) mass is 635 g/mol. The summed E-state index contributed by atoms with van der Waals surface area (Å²) in [5.41, 5.74) is 4.71. The molecular weight excluding hydrogens is 578 g/mol. The number of ketones is 1. The first kappa shape index (κ1) is 39.7. The molecule has 45 heavy (non-hydrogen) atoms. The molecule has 0 aliphatic heterocycles. The summed E-state index contributed by atoms with van der Waals surface area (Å²) in [5.74, 6) is -0.781. The second-order valence-electron chi connectivity index (χ2n) is 14.0. The minimum absolute atomic E-state index is 0.0161. The molecule has 1 aromatic rings. The van der Waals surface area contributed by atoms with E-state index in [0.29, 0.717) is 37.4 Å². The number of benzene rings is 1. The van der Waals surface area contributed by atoms with Crippen LogP contribution in [0.3, 0.4) is 0 Å². The van der Waals surface area contributed by atoms with E-state index < -0.39 is 35.0 Å². The van der Waals surface area contributed by atoms with Crippen molar-refractivity contribution < 1.29 is 38.5 Å². The van der Waals surface area contributed by atoms with Gasteiger partial charge in [0, 0.05) is 31.9 Å². The number of aliphatic hydroxyl groups is 1. The molecule has 0 radical (unpaired) electrons. The van der Waals surface area contributed by atoms with Gasteiger partial charge in [-0.2, -0.15) is 0 Å². The van der Waals surface area contributed by atoms with Crippen molar-refractivity contribution in [2.75, 3.05) is 26.9 Å². The van der Waals surface area contributed by atoms with Gasteiger partial charge in [0.25, 0.3) is 0 Å². The lowest BCUT2D eigenvalue weighted by Gasteiger charge is -2.30. The van der Waals surface area contributed by atoms with E-state index in [-0.39, 0.29) is 49.0 Å². The average Bonchev–Trinajstić information content (AvgIpc) is 2.92. The third-order valence-electron chi connectivity index (χ3n) is 7.78. The van der Waals surface area contributed by atoms with E-state index in [2.05, 4.69) is 24.5 Å². The summed E-state index contributed by atoms with van der Waals surface area (Å²) < 4.78 is 16.8. The van der Waals surface area contributed by atoms with Gasteiger partial charge in [0.2, 0.25) is 11.8 Å². The van der Waals surface area contributed by atoms with Crippen molar-refractivity contribution in [1.82, 2.24) is 10.6 Å². The van der Waals surface area contributed by atoms with Gasteiger partial charge in [-0.15, -0.1) is 0 Å². The molecule has 11 heteroatoms. The normalized spacial score (nSPS) is 14.0. The van der Waals surface area contributed by atoms with Crippen LogP contribution in [0.4, 0.5) is 4.79 Å². The summed E-state index contributed by atoms with van der Waals surface area (Å²) in [6, 6.07) is 4.77. The molecule has 0 aliphatic carbocycles. The highest BCUT2D eigenvalue weighted by Gasteiger charge is 2.34. The van der Waals surface area contributed by atoms with Crippen molar-refractivity contribution in [3.8, 4) is 11.5 Å². The molecule has 3 atom stereocenters. The number of rotatable bonds is 19. The minimum atomic E-state index is -0.947. The summed E-state index contributed by atoms with van der Waals surface area (Å²) in [6.07, 6.45) is 0.594. The van der Waals surface area contributed by atoms with Crippen molar-refractivity contribution in [2.45, 2.75) is 99.6 Å². The maximum absolute atomic E-state index is 13.9. The third-order valence-corrected chi connectivity index (χ3v) is 7.78. The molecule has 0 aliphatic rings. The van der Waals surface area contributed by atoms with Crippen LogP contribution in [-0.4, -0.2) is 67.3 Å². The summed E-state index contributed by atoms with van der Waals surface area (Å²) in [7, 11) is 1.56. The molecule has 0 unspecified atom stereocenters. The van der Waals surface area contributed by atoms with Crippen LogP contribution in [0.5, 0.6) is 11.5 Å². The molecule has 0 fully saturated rings. The first-order valence-corrected chi connectivity index (χ1v) is 15.8. The Morgan fingerprint density at radius 2 is 1.62 bits per heavy atom. The Hall–Kier alpha value is -3.34. The standard InChI is InChI=1S/C34H57N3O8/c1-21(2)24(16-23-12-13-28(43-10)29(17-23)44-15-11-14-38)18-26(37-32(42)45-33(5,6)7)27(39)19-25(22(3)4)30(40)36-20-34(8,9)31(35)41/h12-13,17,21-22,24-26,38H,11,14-16,18-20H2,1-10H3,(H2,35,41)(H,36,40)(H,37,42)/t24-,25-,26-/m0/s1. The number of methoxy groups -OCH3 is 1. The zero-order valence-corrected chi connectivity index (χ0v) is 29.0. The highest BCUT2D eigenvalue weighted by Crippen LogP contribution is 2.32. The van der Waals surface area contributed by atoms with Gasteiger partial charge in [0.1, 0.15) is 5.60 Å². The Morgan fingerprint density at radius 3 is 2.13 bits per heavy atom. The largest absolute Gasteiger partial charge is 0.493 e. The van der Waals surface area contributed by atoms with Crippen molar-refractivity contribution in [3.05, 3.63) is 23.8 Å². The third kappa shape index (κ3) is 14.1. The minimum Gasteiger partial charge on any atom is -0.493 e. The number of nitrogens with one attached hydrogen (secondary N) is 2. The van der Waals surface area contributed by atoms with Gasteiger partial charge < -0.3 is 35.7 Å². The average molecular weight is 636 g/mol. The van der Waals surface area contributed by atoms with E-state index in [9.17, 15) is 19.2 Å². The van der Waals surface area contributed by atoms with Gasteiger partial charge in [-0.05, 0) is 82.9 Å². The molecule has 11 nitrogen and oxygen atoms in total. The number of amides is 3. The van der Waals surface area contributed by atoms with Gasteiger partial charge in [0.15, 0.2) is 17.3 Å². The summed E-state index contributed by atoms with van der Waals surface area (Å²) >= 11 is 0. The predicted molar refractivity (Wildman–Crippen MR) is 174 cm³/mol. The van der Waals surface area contributed by atoms with E-state index in [1.54, 1.807) is 41.7 Å². The van der Waals surface area contributed by atoms with Gasteiger partial charge in [0.05, 0.1) is 25.2 Å². The van der Waals surface area contributed by atoms with E-state index in [0.717, 1.165) is 5.56 Å². The quantitative estimate of drug-likeness (QED) is 0.162. The predicted octanol–water partition coefficient (Wildman–Crippen LogP) is 4.41. The molecule has 0 saturated heterocycles. The fourth-order valence-corrected chi connectivity index (χ4v) is 4.64. The van der Waals surface area contributed by atoms with E-state index in [1.807, 2.05) is 32.0 Å². The van der Waals surface area contributed by atoms with Gasteiger partial charge >= 0.3 is 6.09 Å². The Balaban J connectivity index is 3.28. The molecule has 1 rings (SSSR count). The van der Waals surface area contributed by atoms with Crippen molar-refractivity contribution in [3.63, 3.8) is 0 Å². The number of alkyl carbamates (subject to hydrolysis) is 1. The van der Waals surface area contributed by atoms with Gasteiger partial charge in [-0.1, -0.05) is 33.8 Å². The number of aliphatic hydroxyl groups excluding tert-OH is 1. The van der Waals surface area contributed by atoms with Crippen LogP contribution in [0.15, 0.2) is 18.2 Å². The molecule has 0 saturated carbocycles. The maximum atomic E-state index is 13.9. The number of carbonyl (C=O) groups is 4. The second-order valence-corrected chi connectivity index (χ2v) is 14.0. The van der Waals surface area contributed by atoms with E-state index in [1.165, 1.54) is 0 Å². The fourth-order valence-electron chi connectivity index (χ4n) is 4.64. The maximum Gasteiger partial charge on any atom is 0.408 e. The number of ether oxygens (including phenoxy) is 3. The SMILES string of the molecule is COc1ccc(C[C@@H](C[C@H](NC(=O)OC(C)(C)C)C(=O)C[C@H](C(=O)NCC(C)(C)C(N)=O)C(C)C)C(C)C)cc1OCCCO. The molecule has 0 heterocycles. The van der Waals surface area contributed by atoms with Crippen LogP contribution < -0.4 is 25.8 Å². The zero-order chi connectivity index (χ0) is 34.5. The highest BCUT2D eigenvalue weighted by molar-refractivity contribution is 5.92. The molecule has 1 aromatic carbocycles. The lowest BCUT2D eigenvalue weighted by molar-refractivity contribution is -0.133. The topological polar surface area (TPSA) is 166 Å². The Morgan fingerprint density at radius 1 is 0.978 bits per heavy atom. The zero-order valence-electron chi connectivity index (χ0n) is 29.0. The number of nitrogens with two attached hydrogens (primary N) is 1. The molecule has 256 valence electrons. The van der Waals surface area contributed by atoms with Crippen molar-refractivity contribution in [2.24, 2.45) is 34.8 Å². The number of Topliss-reactive ketones (excluding diaryl/α,β-unsaturated/α-hetero) is 1. The lowest BCUT2D eigenvalue weighted by Crippen LogP contribution is -2.48. The Labute approximate surface area is 269 Å². The molecule has 5 N–H and O–H groups in total. The Bertz CT molecular complexity index is 1130. The molecule has 0 spiro atoms. The van der Waals surface area contributed by atoms with Gasteiger partial charge in [-0.25, -0.2) is 4.79 Å². The van der Waals surface area contributed by atoms with Crippen LogP contribution in [0.2, 0.25) is 0 Å². The van der Waals surface area contributed by atoms with Crippen LogP contribution in [0.1, 0.15) is 87.1 Å². The summed E-state index contributed by atoms with van der Waals surface area (Å²) in [6.45, 7) is 16.8. The molecule has 3 amide bonds. The summed E-state index contributed by atoms with van der Waals surface area (Å²) in [4.78, 5) is 51.7. The molecule has 0 bridgehead atoms. The van der Waals surface area contributed by atoms with E-state index in [4.69, 9.17) is 25.1 Å². The van der Waals surface area contributed by atoms with Crippen LogP contribution >= 0.6 is 0 Å². The van der Waals surface area contributed by atoms with Crippen LogP contribution in [0, 0.1) is 29.1 Å². The smallest absolute Gasteiger partial charge is 0.408 e. The fraction of sp³-hybridized carbons (Fsp3) is 0.706. The summed E-state index contributed by atoms with van der Waals surface area (Å²) in [5, 5.41) is 14.7. The number of carbonyl (C=O) groups excluding carboxylic acids is 4. The number of primary amides is 1. The number of hydrogen-bond donors (Lipinski definition) is 4. The van der Waals surface area contributed by atoms with Crippen molar-refractivity contribution >= 4 is 23.7 Å². The highest BCUT2D eigenvalue weighted by atomic mass is 16.6. The van der Waals surface area contributed by atoms with E-state index >= 15 is 0 Å². The lowest BCUT2D eigenvalue weighted by atomic mass is 9.81. The first-order chi connectivity index (χ1) is 20.8. The first-order valence-electron chi connectivity index (χ1n) is 15.8. The molecule has 0 aromatic heterocycles. The molecular formula is C34H57N3O8. The number of hydrogen-bond acceptors (Lipinski definition) is 8. The van der Waals surface area contributed by atoms with Crippen molar-refractivity contribution in [1.29, 1.82) is 0 Å². The van der Waals surface area contributed by atoms with Gasteiger partial charge in [-0.3, -0.25) is 14.4 Å². The Kier molecular flexibility index (Phi) is 15.8. The van der Waals surface area contributed by atoms with Crippen LogP contribution in [-0.2, 0) is 25.5 Å². The second kappa shape index (κ2) is 18.0.